The van der Waals surface area contributed by atoms with Crippen molar-refractivity contribution in [1.82, 2.24) is 0 Å². The maximum absolute atomic E-state index is 13.6. The molecule has 146 heavy (non-hydrogen) atoms. The summed E-state index contributed by atoms with van der Waals surface area (Å²) in [4.78, 5) is 85.1. The van der Waals surface area contributed by atoms with E-state index in [1.165, 1.54) is 363 Å². The molecule has 0 radical (unpaired) electrons. The number of carbonyl (C=O) groups excluding carboxylic acids is 7. The average Bonchev–Trinajstić information content (AvgIpc) is 0.741. The van der Waals surface area contributed by atoms with Gasteiger partial charge in [0.25, 0.3) is 0 Å². The molecule has 0 spiro atoms. The van der Waals surface area contributed by atoms with E-state index < -0.39 is 0 Å². The molecule has 3 aromatic carbocycles. The number of fused-ring (bicyclic) bond motifs is 2. The van der Waals surface area contributed by atoms with Crippen LogP contribution in [0.1, 0.15) is 616 Å². The summed E-state index contributed by atoms with van der Waals surface area (Å²) < 4.78 is 10.1. The lowest BCUT2D eigenvalue weighted by Gasteiger charge is -2.41. The van der Waals surface area contributed by atoms with Crippen molar-refractivity contribution >= 4 is 40.7 Å². The zero-order valence-electron chi connectivity index (χ0n) is 95.3. The van der Waals surface area contributed by atoms with Crippen molar-refractivity contribution in [2.24, 2.45) is 23.7 Å². The van der Waals surface area contributed by atoms with E-state index >= 15 is 0 Å². The molecule has 2 aliphatic carbocycles. The largest absolute Gasteiger partial charge is 0.463 e. The molecule has 6 unspecified atom stereocenters. The third-order valence-corrected chi connectivity index (χ3v) is 30.3. The minimum Gasteiger partial charge on any atom is -0.463 e. The van der Waals surface area contributed by atoms with Gasteiger partial charge >= 0.3 is 5.97 Å². The molecule has 6 atom stereocenters. The fraction of sp³-hybridized carbons (Fsp3) is 0.780. The zero-order chi connectivity index (χ0) is 106. The number of carbonyl (C=O) groups is 7. The fourth-order valence-corrected chi connectivity index (χ4v) is 20.9. The maximum atomic E-state index is 13.6. The van der Waals surface area contributed by atoms with E-state index in [4.69, 9.17) is 35.0 Å². The Hall–Kier alpha value is -5.61. The normalized spacial score (nSPS) is 14.4. The van der Waals surface area contributed by atoms with Crippen LogP contribution in [-0.2, 0) is 33.4 Å². The topological polar surface area (TPSA) is 239 Å². The minimum absolute atomic E-state index is 0. The summed E-state index contributed by atoms with van der Waals surface area (Å²) in [5, 5.41) is 43.6. The number of unbranched alkanes of at least 4 members (excludes halogenated alkanes) is 52. The van der Waals surface area contributed by atoms with Crippen LogP contribution >= 0.6 is 0 Å². The zero-order valence-corrected chi connectivity index (χ0v) is 95.3. The van der Waals surface area contributed by atoms with E-state index in [0.29, 0.717) is 131 Å². The Balaban J connectivity index is 0.00000181. The molecule has 0 amide bonds. The van der Waals surface area contributed by atoms with Gasteiger partial charge in [-0.3, -0.25) is 33.6 Å². The van der Waals surface area contributed by atoms with E-state index in [-0.39, 0.29) is 94.1 Å². The summed E-state index contributed by atoms with van der Waals surface area (Å²) in [6.07, 6.45) is 102. The number of hydrogen-bond acceptors (Lipinski definition) is 14. The maximum Gasteiger partial charge on any atom is 0.305 e. The van der Waals surface area contributed by atoms with Crippen LogP contribution in [0.15, 0.2) is 91.0 Å². The van der Waals surface area contributed by atoms with Crippen molar-refractivity contribution in [3.63, 3.8) is 0 Å². The second-order valence-corrected chi connectivity index (χ2v) is 43.3. The molecule has 0 saturated heterocycles. The van der Waals surface area contributed by atoms with E-state index in [1.807, 2.05) is 24.3 Å². The van der Waals surface area contributed by atoms with Crippen molar-refractivity contribution < 1.29 is 68.6 Å². The summed E-state index contributed by atoms with van der Waals surface area (Å²) >= 11 is 0. The molecule has 0 heterocycles. The molecule has 0 aliphatic heterocycles. The van der Waals surface area contributed by atoms with Gasteiger partial charge in [-0.15, -0.1) is 0 Å². The van der Waals surface area contributed by atoms with Crippen molar-refractivity contribution in [2.75, 3.05) is 52.9 Å². The number of rotatable bonds is 95. The van der Waals surface area contributed by atoms with Gasteiger partial charge in [-0.1, -0.05) is 467 Å². The number of ether oxygens (including phenoxy) is 2. The second kappa shape index (κ2) is 105. The highest BCUT2D eigenvalue weighted by molar-refractivity contribution is 6.16. The van der Waals surface area contributed by atoms with Crippen LogP contribution in [-0.4, -0.2) is 119 Å². The molecule has 14 heteroatoms. The third kappa shape index (κ3) is 79.4. The lowest BCUT2D eigenvalue weighted by atomic mass is 9.60. The van der Waals surface area contributed by atoms with Gasteiger partial charge in [-0.25, -0.2) is 0 Å². The number of benzene rings is 3. The third-order valence-electron chi connectivity index (χ3n) is 30.3. The molecule has 14 nitrogen and oxygen atoms in total. The summed E-state index contributed by atoms with van der Waals surface area (Å²) in [7, 11) is 0. The van der Waals surface area contributed by atoms with Gasteiger partial charge in [-0.05, 0) is 194 Å². The van der Waals surface area contributed by atoms with Crippen molar-refractivity contribution in [3.05, 3.63) is 130 Å². The minimum atomic E-state index is -0.220. The monoisotopic (exact) mass is 2040 g/mol. The van der Waals surface area contributed by atoms with Crippen LogP contribution < -0.4 is 0 Å². The summed E-state index contributed by atoms with van der Waals surface area (Å²) in [5.41, 5.74) is 8.65. The molecule has 2 aliphatic rings. The molecule has 0 fully saturated rings. The van der Waals surface area contributed by atoms with Crippen LogP contribution in [0.25, 0.3) is 0 Å². The van der Waals surface area contributed by atoms with Gasteiger partial charge in [-0.2, -0.15) is 0 Å². The summed E-state index contributed by atoms with van der Waals surface area (Å²) in [6.45, 7) is 19.5. The summed E-state index contributed by atoms with van der Waals surface area (Å²) in [6, 6.07) is 23.4. The number of hydrogen-bond donors (Lipinski definition) is 5. The number of aliphatic hydroxyl groups is 5. The molecule has 0 saturated carbocycles. The molecule has 0 bridgehead atoms. The van der Waals surface area contributed by atoms with Crippen LogP contribution in [0.2, 0.25) is 0 Å². The first kappa shape index (κ1) is 140. The number of aryl methyl sites for hydroxylation is 2. The SMILES string of the molecule is C.CCCCCCC1C=CC(CCCCCCCC(=O)CCCO)C2C(=O)c3ccccc3C(=O)C12.CCCCCCCC/C=C\CCCCCCCC(=O)OCCOCCO.CCCCCCCCCC(CCCCCCCC(=O)CCCO)c1cc(C)c(C)c(C)c1.CCCCCCCCCC(CCCCCCCC(=O)CCCO)c1ccccc1.CCCCCCCCCCCCCCCCCC(=O)CCCO. The number of Topliss-reactive ketones (excluding diaryl/α,β-unsaturated/α-hetero) is 6. The smallest absolute Gasteiger partial charge is 0.305 e. The summed E-state index contributed by atoms with van der Waals surface area (Å²) in [5.74, 6) is 2.70. The molecular weight excluding hydrogens is 1810 g/mol. The Labute approximate surface area is 898 Å². The average molecular weight is 2040 g/mol. The Morgan fingerprint density at radius 1 is 0.288 bits per heavy atom. The molecule has 5 N–H and O–H groups in total. The predicted molar refractivity (Wildman–Crippen MR) is 622 cm³/mol. The molecular formula is C132H230O14. The van der Waals surface area contributed by atoms with E-state index in [9.17, 15) is 33.6 Å². The van der Waals surface area contributed by atoms with Gasteiger partial charge < -0.3 is 35.0 Å². The van der Waals surface area contributed by atoms with Crippen LogP contribution in [0.3, 0.4) is 0 Å². The second-order valence-electron chi connectivity index (χ2n) is 43.3. The fourth-order valence-electron chi connectivity index (χ4n) is 20.9. The molecule has 3 aromatic rings. The van der Waals surface area contributed by atoms with E-state index in [0.717, 1.165) is 96.3 Å². The Bertz CT molecular complexity index is 3520. The number of esters is 1. The van der Waals surface area contributed by atoms with E-state index in [1.54, 1.807) is 5.56 Å². The predicted octanol–water partition coefficient (Wildman–Crippen LogP) is 36.8. The van der Waals surface area contributed by atoms with Gasteiger partial charge in [0.2, 0.25) is 0 Å². The lowest BCUT2D eigenvalue weighted by Crippen LogP contribution is -2.45. The molecule has 0 aromatic heterocycles. The Morgan fingerprint density at radius 2 is 0.548 bits per heavy atom. The van der Waals surface area contributed by atoms with Crippen molar-refractivity contribution in [2.45, 2.75) is 588 Å². The highest BCUT2D eigenvalue weighted by Gasteiger charge is 2.48. The van der Waals surface area contributed by atoms with Gasteiger partial charge in [0.15, 0.2) is 11.6 Å². The van der Waals surface area contributed by atoms with Gasteiger partial charge in [0.1, 0.15) is 29.7 Å². The molecule has 5 rings (SSSR count). The highest BCUT2D eigenvalue weighted by atomic mass is 16.6. The number of aliphatic hydroxyl groups excluding tert-OH is 5. The van der Waals surface area contributed by atoms with Gasteiger partial charge in [0, 0.05) is 107 Å². The number of ketones is 6. The Kier molecular flexibility index (Phi) is 101. The van der Waals surface area contributed by atoms with E-state index in [2.05, 4.69) is 122 Å². The van der Waals surface area contributed by atoms with Crippen LogP contribution in [0.5, 0.6) is 0 Å². The standard InChI is InChI=1S/C31H44O4.C30H52O2.C27H46O2.C22H42O4.C21H42O2.CH4/c1-2-3-4-8-14-23-20-21-24(15-9-6-5-7-10-16-25(33)17-13-22-32)29-28(23)30(34)26-18-11-12-19-27(26)31(29)35;1-5-6-7-8-9-11-14-18-28(29-23-25(2)27(4)26(3)24-29)19-15-12-10-13-16-20-30(32)21-17-22-31;1-2-3-4-5-6-8-12-18-25(26-20-14-11-15-21-26)19-13-9-7-10-16-22-27(29)23-17-24-28;1-2-3-4-5-6-7-8-9-10-11-12-13-14-15-16-17-22(24)26-21-20-25-19-18-23;1-2-3-4-5-6-7-8-9-10-11-12-13-14-15-16-18-21(23)19-17-20-22;/h11-12,18-21,23-24,28-29,32H,2-10,13-17,22H2,1H3;23-24,28,31H,5-22H2,1-4H3;11,14-15,20-21,25,28H,2-10,12-13,16-19,22-24H2,1H3;9-10,23H,2-8,11-21H2,1H3;22H,2-20H2,1H3;1H4/b;;;10-9-;;. The number of allylic oxidation sites excluding steroid dienone is 4. The Morgan fingerprint density at radius 3 is 0.856 bits per heavy atom. The van der Waals surface area contributed by atoms with Crippen LogP contribution in [0, 0.1) is 44.4 Å². The lowest BCUT2D eigenvalue weighted by molar-refractivity contribution is -0.145. The van der Waals surface area contributed by atoms with Crippen LogP contribution in [0.4, 0.5) is 0 Å². The first-order chi connectivity index (χ1) is 71.0. The van der Waals surface area contributed by atoms with Gasteiger partial charge in [0.05, 0.1) is 19.8 Å². The van der Waals surface area contributed by atoms with Crippen molar-refractivity contribution in [1.29, 1.82) is 0 Å². The quantitative estimate of drug-likeness (QED) is 0.0201. The first-order valence-corrected chi connectivity index (χ1v) is 61.4. The highest BCUT2D eigenvalue weighted by Crippen LogP contribution is 2.46. The van der Waals surface area contributed by atoms with Crippen molar-refractivity contribution in [3.8, 4) is 0 Å². The molecule has 842 valence electrons. The first-order valence-electron chi connectivity index (χ1n) is 61.4.